The van der Waals surface area contributed by atoms with E-state index in [-0.39, 0.29) is 23.3 Å². The van der Waals surface area contributed by atoms with Crippen LogP contribution in [0, 0.1) is 11.7 Å². The number of amides is 2. The van der Waals surface area contributed by atoms with E-state index in [0.717, 1.165) is 50.4 Å². The van der Waals surface area contributed by atoms with Crippen LogP contribution < -0.4 is 21.3 Å². The average molecular weight is 495 g/mol. The number of fused-ring (bicyclic) bond motifs is 1. The largest absolute Gasteiger partial charge is 0.379 e. The second-order valence-corrected chi connectivity index (χ2v) is 9.57. The summed E-state index contributed by atoms with van der Waals surface area (Å²) >= 11 is 0. The summed E-state index contributed by atoms with van der Waals surface area (Å²) in [6.45, 7) is 2.59. The van der Waals surface area contributed by atoms with Gasteiger partial charge in [-0.3, -0.25) is 14.6 Å². The Bertz CT molecular complexity index is 1250. The molecule has 0 unspecified atom stereocenters. The highest BCUT2D eigenvalue weighted by Crippen LogP contribution is 2.31. The predicted octanol–water partition coefficient (Wildman–Crippen LogP) is 3.59. The highest BCUT2D eigenvalue weighted by atomic mass is 19.1. The molecule has 3 heterocycles. The van der Waals surface area contributed by atoms with Crippen LogP contribution in [0.3, 0.4) is 0 Å². The fraction of sp³-hybridized carbons (Fsp3) is 0.480. The van der Waals surface area contributed by atoms with Gasteiger partial charge in [0.05, 0.1) is 23.8 Å². The lowest BCUT2D eigenvalue weighted by atomic mass is 9.84. The third-order valence-electron chi connectivity index (χ3n) is 6.70. The Morgan fingerprint density at radius 1 is 1.06 bits per heavy atom. The van der Waals surface area contributed by atoms with Gasteiger partial charge in [-0.05, 0) is 57.4 Å². The first kappa shape index (κ1) is 24.0. The summed E-state index contributed by atoms with van der Waals surface area (Å²) in [5.74, 6) is 0.0262. The molecule has 36 heavy (non-hydrogen) atoms. The number of carbonyl (C=O) groups is 2. The van der Waals surface area contributed by atoms with E-state index in [1.165, 1.54) is 23.0 Å². The van der Waals surface area contributed by atoms with Crippen molar-refractivity contribution in [3.63, 3.8) is 0 Å². The van der Waals surface area contributed by atoms with Gasteiger partial charge in [0.15, 0.2) is 17.2 Å². The highest BCUT2D eigenvalue weighted by molar-refractivity contribution is 6.03. The average Bonchev–Trinajstić information content (AvgIpc) is 3.57. The Labute approximate surface area is 208 Å². The van der Waals surface area contributed by atoms with Gasteiger partial charge in [-0.2, -0.15) is 0 Å². The van der Waals surface area contributed by atoms with E-state index in [2.05, 4.69) is 36.3 Å². The van der Waals surface area contributed by atoms with Crippen molar-refractivity contribution in [2.24, 2.45) is 5.92 Å². The molecule has 0 aromatic carbocycles. The topological polar surface area (TPSA) is 125 Å². The summed E-state index contributed by atoms with van der Waals surface area (Å²) in [6, 6.07) is 3.94. The summed E-state index contributed by atoms with van der Waals surface area (Å²) in [6.07, 6.45) is 10.5. The van der Waals surface area contributed by atoms with E-state index in [1.807, 2.05) is 13.0 Å². The minimum atomic E-state index is -0.617. The van der Waals surface area contributed by atoms with Crippen LogP contribution in [0.15, 0.2) is 30.7 Å². The van der Waals surface area contributed by atoms with Crippen molar-refractivity contribution in [2.75, 3.05) is 22.5 Å². The summed E-state index contributed by atoms with van der Waals surface area (Å²) in [4.78, 5) is 33.1. The molecule has 0 spiro atoms. The molecule has 0 radical (unpaired) electrons. The summed E-state index contributed by atoms with van der Waals surface area (Å²) in [5, 5.41) is 17.1. The number of halogens is 1. The second kappa shape index (κ2) is 10.5. The lowest BCUT2D eigenvalue weighted by Gasteiger charge is -2.29. The normalized spacial score (nSPS) is 19.6. The van der Waals surface area contributed by atoms with Crippen molar-refractivity contribution in [1.82, 2.24) is 24.9 Å². The number of rotatable bonds is 9. The quantitative estimate of drug-likeness (QED) is 0.358. The smallest absolute Gasteiger partial charge is 0.276 e. The van der Waals surface area contributed by atoms with Gasteiger partial charge in [0.1, 0.15) is 5.82 Å². The first-order chi connectivity index (χ1) is 17.5. The Hall–Kier alpha value is -3.76. The van der Waals surface area contributed by atoms with Gasteiger partial charge in [0.2, 0.25) is 5.91 Å². The molecule has 5 rings (SSSR count). The molecule has 2 aliphatic carbocycles. The molecule has 2 saturated carbocycles. The third-order valence-corrected chi connectivity index (χ3v) is 6.70. The SMILES string of the molecule is CCNC(=O)CC1CCC(Nc2cc(NC3CC3)c3ncc(C(=O)Nc4ccncc4F)n3n2)CC1. The number of nitrogens with one attached hydrogen (secondary N) is 4. The molecule has 2 aliphatic rings. The molecule has 10 nitrogen and oxygen atoms in total. The van der Waals surface area contributed by atoms with E-state index >= 15 is 0 Å². The van der Waals surface area contributed by atoms with Crippen molar-refractivity contribution in [2.45, 2.75) is 64.0 Å². The van der Waals surface area contributed by atoms with Gasteiger partial charge >= 0.3 is 0 Å². The van der Waals surface area contributed by atoms with Crippen LogP contribution >= 0.6 is 0 Å². The molecule has 0 atom stereocenters. The molecule has 2 fully saturated rings. The maximum Gasteiger partial charge on any atom is 0.276 e. The fourth-order valence-corrected chi connectivity index (χ4v) is 4.66. The number of imidazole rings is 1. The van der Waals surface area contributed by atoms with E-state index in [4.69, 9.17) is 0 Å². The minimum Gasteiger partial charge on any atom is -0.379 e. The molecule has 2 amide bonds. The summed E-state index contributed by atoms with van der Waals surface area (Å²) in [7, 11) is 0. The zero-order valence-electron chi connectivity index (χ0n) is 20.3. The van der Waals surface area contributed by atoms with Crippen LogP contribution in [-0.4, -0.2) is 50.0 Å². The Morgan fingerprint density at radius 2 is 1.81 bits per heavy atom. The Morgan fingerprint density at radius 3 is 2.53 bits per heavy atom. The third kappa shape index (κ3) is 5.55. The standard InChI is InChI=1S/C25H31FN8O2/c1-2-28-23(35)11-15-3-5-17(6-4-15)31-22-12-20(30-16-7-8-16)24-29-14-21(34(24)33-22)25(36)32-19-9-10-27-13-18(19)26/h9-10,12-17,30H,2-8,11H2,1H3,(H,28,35)(H,31,33)(H,27,32,36). The van der Waals surface area contributed by atoms with Crippen molar-refractivity contribution >= 4 is 34.7 Å². The van der Waals surface area contributed by atoms with Crippen molar-refractivity contribution in [3.8, 4) is 0 Å². The molecule has 3 aromatic rings. The maximum atomic E-state index is 14.0. The summed E-state index contributed by atoms with van der Waals surface area (Å²) in [5.41, 5.74) is 1.58. The van der Waals surface area contributed by atoms with Crippen LogP contribution in [0.2, 0.25) is 0 Å². The number of hydrogen-bond acceptors (Lipinski definition) is 7. The lowest BCUT2D eigenvalue weighted by Crippen LogP contribution is -2.30. The monoisotopic (exact) mass is 494 g/mol. The predicted molar refractivity (Wildman–Crippen MR) is 134 cm³/mol. The molecule has 0 bridgehead atoms. The van der Waals surface area contributed by atoms with Crippen molar-refractivity contribution in [3.05, 3.63) is 42.2 Å². The van der Waals surface area contributed by atoms with Gasteiger partial charge in [-0.1, -0.05) is 0 Å². The first-order valence-electron chi connectivity index (χ1n) is 12.6. The molecule has 0 aliphatic heterocycles. The van der Waals surface area contributed by atoms with Crippen LogP contribution in [0.4, 0.5) is 21.6 Å². The molecular formula is C25H31FN8O2. The van der Waals surface area contributed by atoms with Crippen LogP contribution in [0.25, 0.3) is 5.65 Å². The molecule has 11 heteroatoms. The number of hydrogen-bond donors (Lipinski definition) is 4. The number of nitrogens with zero attached hydrogens (tertiary/aromatic N) is 4. The van der Waals surface area contributed by atoms with Gasteiger partial charge in [-0.25, -0.2) is 13.9 Å². The van der Waals surface area contributed by atoms with E-state index in [9.17, 15) is 14.0 Å². The molecule has 4 N–H and O–H groups in total. The molecule has 190 valence electrons. The zero-order valence-corrected chi connectivity index (χ0v) is 20.3. The summed E-state index contributed by atoms with van der Waals surface area (Å²) < 4.78 is 15.5. The Balaban J connectivity index is 1.33. The second-order valence-electron chi connectivity index (χ2n) is 9.57. The van der Waals surface area contributed by atoms with Gasteiger partial charge in [-0.15, -0.1) is 5.10 Å². The van der Waals surface area contributed by atoms with Gasteiger partial charge < -0.3 is 21.3 Å². The first-order valence-corrected chi connectivity index (χ1v) is 12.6. The maximum absolute atomic E-state index is 14.0. The van der Waals surface area contributed by atoms with E-state index < -0.39 is 11.7 Å². The van der Waals surface area contributed by atoms with E-state index in [0.29, 0.717) is 36.4 Å². The van der Waals surface area contributed by atoms with E-state index in [1.54, 1.807) is 0 Å². The lowest BCUT2D eigenvalue weighted by molar-refractivity contribution is -0.122. The molecular weight excluding hydrogens is 463 g/mol. The van der Waals surface area contributed by atoms with Crippen LogP contribution in [-0.2, 0) is 4.79 Å². The van der Waals surface area contributed by atoms with Crippen molar-refractivity contribution in [1.29, 1.82) is 0 Å². The fourth-order valence-electron chi connectivity index (χ4n) is 4.66. The van der Waals surface area contributed by atoms with Crippen molar-refractivity contribution < 1.29 is 14.0 Å². The molecule has 3 aromatic heterocycles. The number of anilines is 3. The highest BCUT2D eigenvalue weighted by Gasteiger charge is 2.26. The minimum absolute atomic E-state index is 0.0416. The van der Waals surface area contributed by atoms with Gasteiger partial charge in [0, 0.05) is 37.3 Å². The zero-order chi connectivity index (χ0) is 25.1. The van der Waals surface area contributed by atoms with Crippen LogP contribution in [0.1, 0.15) is 62.4 Å². The molecule has 0 saturated heterocycles. The van der Waals surface area contributed by atoms with Crippen LogP contribution in [0.5, 0.6) is 0 Å². The number of pyridine rings is 1. The number of carbonyl (C=O) groups excluding carboxylic acids is 2. The Kier molecular flexibility index (Phi) is 6.97. The number of aromatic nitrogens is 4. The van der Waals surface area contributed by atoms with Gasteiger partial charge in [0.25, 0.3) is 5.91 Å².